The average molecular weight is 351 g/mol. The van der Waals surface area contributed by atoms with E-state index in [4.69, 9.17) is 9.15 Å². The first-order chi connectivity index (χ1) is 12.4. The van der Waals surface area contributed by atoms with Gasteiger partial charge in [-0.05, 0) is 43.7 Å². The van der Waals surface area contributed by atoms with Gasteiger partial charge < -0.3 is 14.5 Å². The van der Waals surface area contributed by atoms with E-state index >= 15 is 0 Å². The van der Waals surface area contributed by atoms with Crippen molar-refractivity contribution in [1.82, 2.24) is 0 Å². The van der Waals surface area contributed by atoms with Gasteiger partial charge in [-0.25, -0.2) is 4.79 Å². The van der Waals surface area contributed by atoms with Crippen molar-refractivity contribution in [3.63, 3.8) is 0 Å². The summed E-state index contributed by atoms with van der Waals surface area (Å²) in [5.41, 5.74) is 1.53. The Morgan fingerprint density at radius 3 is 2.62 bits per heavy atom. The number of hydrogen-bond donors (Lipinski definition) is 1. The van der Waals surface area contributed by atoms with Gasteiger partial charge in [0.1, 0.15) is 5.58 Å². The van der Waals surface area contributed by atoms with Crippen LogP contribution in [0, 0.1) is 6.92 Å². The molecule has 0 aliphatic rings. The number of esters is 1. The Morgan fingerprint density at radius 1 is 1.08 bits per heavy atom. The number of amides is 1. The predicted octanol–water partition coefficient (Wildman–Crippen LogP) is 3.29. The molecule has 0 radical (unpaired) electrons. The van der Waals surface area contributed by atoms with Gasteiger partial charge in [0.05, 0.1) is 5.39 Å². The largest absolute Gasteiger partial charge is 0.449 e. The maximum absolute atomic E-state index is 12.2. The van der Waals surface area contributed by atoms with Gasteiger partial charge in [0.2, 0.25) is 5.76 Å². The monoisotopic (exact) mass is 351 g/mol. The summed E-state index contributed by atoms with van der Waals surface area (Å²) in [5, 5.41) is 3.04. The Hall–Kier alpha value is -3.41. The lowest BCUT2D eigenvalue weighted by Crippen LogP contribution is -2.30. The molecular weight excluding hydrogens is 334 g/mol. The number of fused-ring (bicyclic) bond motifs is 1. The highest BCUT2D eigenvalue weighted by Gasteiger charge is 2.21. The molecule has 1 N–H and O–H groups in total. The molecule has 0 aliphatic heterocycles. The van der Waals surface area contributed by atoms with Crippen molar-refractivity contribution in [3.05, 3.63) is 76.1 Å². The van der Waals surface area contributed by atoms with Gasteiger partial charge in [0.25, 0.3) is 5.91 Å². The van der Waals surface area contributed by atoms with Crippen LogP contribution in [0.3, 0.4) is 0 Å². The summed E-state index contributed by atoms with van der Waals surface area (Å²) >= 11 is 0. The Kier molecular flexibility index (Phi) is 4.84. The minimum absolute atomic E-state index is 0.246. The summed E-state index contributed by atoms with van der Waals surface area (Å²) in [6.45, 7) is 3.35. The van der Waals surface area contributed by atoms with Crippen LogP contribution in [0.15, 0.2) is 63.8 Å². The Morgan fingerprint density at radius 2 is 1.85 bits per heavy atom. The van der Waals surface area contributed by atoms with Gasteiger partial charge in [-0.2, -0.15) is 0 Å². The topological polar surface area (TPSA) is 85.6 Å². The zero-order valence-corrected chi connectivity index (χ0v) is 14.3. The van der Waals surface area contributed by atoms with Crippen molar-refractivity contribution in [1.29, 1.82) is 0 Å². The van der Waals surface area contributed by atoms with Crippen LogP contribution in [0.4, 0.5) is 5.69 Å². The van der Waals surface area contributed by atoms with E-state index in [-0.39, 0.29) is 16.8 Å². The smallest absolute Gasteiger partial charge is 0.375 e. The number of hydrogen-bond acceptors (Lipinski definition) is 5. The van der Waals surface area contributed by atoms with Gasteiger partial charge in [-0.3, -0.25) is 9.59 Å². The van der Waals surface area contributed by atoms with E-state index in [1.54, 1.807) is 36.4 Å². The SMILES string of the molecule is Cc1cccc(NC(=O)[C@H](C)OC(=O)c2cc(=O)c3ccccc3o2)c1. The van der Waals surface area contributed by atoms with E-state index in [9.17, 15) is 14.4 Å². The lowest BCUT2D eigenvalue weighted by molar-refractivity contribution is -0.123. The molecule has 6 heteroatoms. The predicted molar refractivity (Wildman–Crippen MR) is 97.2 cm³/mol. The molecule has 2 aromatic carbocycles. The van der Waals surface area contributed by atoms with Crippen LogP contribution in [0.5, 0.6) is 0 Å². The van der Waals surface area contributed by atoms with Crippen molar-refractivity contribution in [2.45, 2.75) is 20.0 Å². The third kappa shape index (κ3) is 3.80. The van der Waals surface area contributed by atoms with E-state index in [0.717, 1.165) is 11.6 Å². The molecule has 3 rings (SSSR count). The fourth-order valence-electron chi connectivity index (χ4n) is 2.44. The molecule has 1 heterocycles. The lowest BCUT2D eigenvalue weighted by atomic mass is 10.2. The zero-order valence-electron chi connectivity index (χ0n) is 14.3. The molecule has 0 bridgehead atoms. The molecule has 1 aromatic heterocycles. The Bertz CT molecular complexity index is 1040. The van der Waals surface area contributed by atoms with Crippen LogP contribution in [0.2, 0.25) is 0 Å². The summed E-state index contributed by atoms with van der Waals surface area (Å²) in [6, 6.07) is 14.9. The molecule has 132 valence electrons. The molecule has 26 heavy (non-hydrogen) atoms. The molecule has 1 amide bonds. The summed E-state index contributed by atoms with van der Waals surface area (Å²) in [5.74, 6) is -1.60. The van der Waals surface area contributed by atoms with Crippen molar-refractivity contribution in [2.75, 3.05) is 5.32 Å². The third-order valence-electron chi connectivity index (χ3n) is 3.77. The lowest BCUT2D eigenvalue weighted by Gasteiger charge is -2.13. The maximum Gasteiger partial charge on any atom is 0.375 e. The number of benzene rings is 2. The van der Waals surface area contributed by atoms with Crippen LogP contribution in [-0.4, -0.2) is 18.0 Å². The number of rotatable bonds is 4. The summed E-state index contributed by atoms with van der Waals surface area (Å²) < 4.78 is 10.5. The van der Waals surface area contributed by atoms with Crippen LogP contribution < -0.4 is 10.7 Å². The number of ether oxygens (including phenoxy) is 1. The second-order valence-electron chi connectivity index (χ2n) is 5.88. The van der Waals surface area contributed by atoms with Gasteiger partial charge in [0, 0.05) is 11.8 Å². The first-order valence-corrected chi connectivity index (χ1v) is 8.05. The first-order valence-electron chi connectivity index (χ1n) is 8.05. The van der Waals surface area contributed by atoms with Crippen LogP contribution in [0.1, 0.15) is 23.0 Å². The summed E-state index contributed by atoms with van der Waals surface area (Å²) in [4.78, 5) is 36.5. The summed E-state index contributed by atoms with van der Waals surface area (Å²) in [7, 11) is 0. The third-order valence-corrected chi connectivity index (χ3v) is 3.77. The van der Waals surface area contributed by atoms with Crippen molar-refractivity contribution in [2.24, 2.45) is 0 Å². The van der Waals surface area contributed by atoms with E-state index in [0.29, 0.717) is 11.1 Å². The second kappa shape index (κ2) is 7.23. The molecule has 0 saturated heterocycles. The maximum atomic E-state index is 12.2. The zero-order chi connectivity index (χ0) is 18.7. The van der Waals surface area contributed by atoms with Gasteiger partial charge in [0.15, 0.2) is 11.5 Å². The van der Waals surface area contributed by atoms with Gasteiger partial charge >= 0.3 is 5.97 Å². The highest BCUT2D eigenvalue weighted by molar-refractivity contribution is 5.97. The Labute approximate surface area is 149 Å². The van der Waals surface area contributed by atoms with Crippen LogP contribution in [0.25, 0.3) is 11.0 Å². The molecule has 0 unspecified atom stereocenters. The van der Waals surface area contributed by atoms with E-state index in [2.05, 4.69) is 5.32 Å². The van der Waals surface area contributed by atoms with Gasteiger partial charge in [-0.15, -0.1) is 0 Å². The minimum Gasteiger partial charge on any atom is -0.449 e. The van der Waals surface area contributed by atoms with E-state index < -0.39 is 18.0 Å². The van der Waals surface area contributed by atoms with Crippen LogP contribution in [-0.2, 0) is 9.53 Å². The molecular formula is C20H17NO5. The Balaban J connectivity index is 1.73. The molecule has 6 nitrogen and oxygen atoms in total. The van der Waals surface area contributed by atoms with Crippen molar-refractivity contribution < 1.29 is 18.7 Å². The minimum atomic E-state index is -1.06. The summed E-state index contributed by atoms with van der Waals surface area (Å²) in [6.07, 6.45) is -1.06. The van der Waals surface area contributed by atoms with E-state index in [1.807, 2.05) is 19.1 Å². The quantitative estimate of drug-likeness (QED) is 0.729. The standard InChI is InChI=1S/C20H17NO5/c1-12-6-5-7-14(10-12)21-19(23)13(2)25-20(24)18-11-16(22)15-8-3-4-9-17(15)26-18/h3-11,13H,1-2H3,(H,21,23)/t13-/m0/s1. The highest BCUT2D eigenvalue weighted by atomic mass is 16.6. The number of aryl methyl sites for hydroxylation is 1. The number of anilines is 1. The number of nitrogens with one attached hydrogen (secondary N) is 1. The number of para-hydroxylation sites is 1. The van der Waals surface area contributed by atoms with Gasteiger partial charge in [-0.1, -0.05) is 24.3 Å². The molecule has 3 aromatic rings. The molecule has 0 aliphatic carbocycles. The molecule has 0 fully saturated rings. The number of carbonyl (C=O) groups excluding carboxylic acids is 2. The normalized spacial score (nSPS) is 11.8. The van der Waals surface area contributed by atoms with Crippen molar-refractivity contribution in [3.8, 4) is 0 Å². The molecule has 0 spiro atoms. The first kappa shape index (κ1) is 17.4. The van der Waals surface area contributed by atoms with Crippen molar-refractivity contribution >= 4 is 28.5 Å². The van der Waals surface area contributed by atoms with E-state index in [1.165, 1.54) is 6.92 Å². The van der Waals surface area contributed by atoms with Crippen LogP contribution >= 0.6 is 0 Å². The fraction of sp³-hybridized carbons (Fsp3) is 0.150. The fourth-order valence-corrected chi connectivity index (χ4v) is 2.44. The second-order valence-corrected chi connectivity index (χ2v) is 5.88. The number of carbonyl (C=O) groups is 2. The highest BCUT2D eigenvalue weighted by Crippen LogP contribution is 2.14. The average Bonchev–Trinajstić information content (AvgIpc) is 2.61. The molecule has 0 saturated carbocycles. The molecule has 1 atom stereocenters.